The van der Waals surface area contributed by atoms with Crippen molar-refractivity contribution in [2.75, 3.05) is 5.32 Å². The quantitative estimate of drug-likeness (QED) is 0.754. The molecule has 132 valence electrons. The first kappa shape index (κ1) is 19.0. The molecular formula is C18H16ClF3N2O. The van der Waals surface area contributed by atoms with Crippen LogP contribution in [0.5, 0.6) is 0 Å². The van der Waals surface area contributed by atoms with Gasteiger partial charge in [-0.25, -0.2) is 4.98 Å². The smallest absolute Gasteiger partial charge is 0.305 e. The van der Waals surface area contributed by atoms with Gasteiger partial charge in [-0.05, 0) is 29.7 Å². The van der Waals surface area contributed by atoms with Crippen molar-refractivity contribution in [3.05, 3.63) is 64.3 Å². The fraction of sp³-hybridized carbons (Fsp3) is 0.222. The van der Waals surface area contributed by atoms with Gasteiger partial charge in [-0.1, -0.05) is 49.7 Å². The SMILES string of the molecule is CC(C)/C=C/c1ccc(C(=O)Nc2ncc(C(F)(F)F)cc2Cl)cc1. The molecule has 1 amide bonds. The number of halogens is 4. The first-order chi connectivity index (χ1) is 11.7. The molecule has 0 fully saturated rings. The predicted octanol–water partition coefficient (Wildman–Crippen LogP) is 5.68. The van der Waals surface area contributed by atoms with Crippen molar-refractivity contribution in [3.8, 4) is 0 Å². The number of carbonyl (C=O) groups excluding carboxylic acids is 1. The first-order valence-electron chi connectivity index (χ1n) is 7.49. The number of hydrogen-bond donors (Lipinski definition) is 1. The van der Waals surface area contributed by atoms with E-state index >= 15 is 0 Å². The fourth-order valence-electron chi connectivity index (χ4n) is 1.91. The maximum Gasteiger partial charge on any atom is 0.417 e. The molecule has 1 heterocycles. The Morgan fingerprint density at radius 3 is 2.40 bits per heavy atom. The highest BCUT2D eigenvalue weighted by atomic mass is 35.5. The zero-order valence-electron chi connectivity index (χ0n) is 13.6. The van der Waals surface area contributed by atoms with Crippen LogP contribution in [0, 0.1) is 5.92 Å². The van der Waals surface area contributed by atoms with Crippen molar-refractivity contribution < 1.29 is 18.0 Å². The third-order valence-corrected chi connectivity index (χ3v) is 3.54. The molecule has 0 unspecified atom stereocenters. The van der Waals surface area contributed by atoms with Gasteiger partial charge in [0.2, 0.25) is 0 Å². The minimum Gasteiger partial charge on any atom is -0.305 e. The summed E-state index contributed by atoms with van der Waals surface area (Å²) in [6.07, 6.45) is 0.0570. The van der Waals surface area contributed by atoms with Crippen LogP contribution in [-0.2, 0) is 6.18 Å². The standard InChI is InChI=1S/C18H16ClF3N2O/c1-11(2)3-4-12-5-7-13(8-6-12)17(25)24-16-15(19)9-14(10-23-16)18(20,21)22/h3-11H,1-2H3,(H,23,24,25)/b4-3+. The van der Waals surface area contributed by atoms with Crippen LogP contribution in [0.3, 0.4) is 0 Å². The van der Waals surface area contributed by atoms with E-state index < -0.39 is 17.6 Å². The van der Waals surface area contributed by atoms with Crippen molar-refractivity contribution in [1.29, 1.82) is 0 Å². The van der Waals surface area contributed by atoms with E-state index in [9.17, 15) is 18.0 Å². The van der Waals surface area contributed by atoms with Crippen LogP contribution in [0.1, 0.15) is 35.3 Å². The van der Waals surface area contributed by atoms with E-state index in [1.54, 1.807) is 24.3 Å². The summed E-state index contributed by atoms with van der Waals surface area (Å²) in [6, 6.07) is 7.51. The minimum absolute atomic E-state index is 0.122. The van der Waals surface area contributed by atoms with Gasteiger partial charge in [-0.15, -0.1) is 0 Å². The summed E-state index contributed by atoms with van der Waals surface area (Å²) in [5.41, 5.74) is 0.312. The third kappa shape index (κ3) is 5.32. The van der Waals surface area contributed by atoms with Gasteiger partial charge in [-0.3, -0.25) is 4.79 Å². The summed E-state index contributed by atoms with van der Waals surface area (Å²) in [5, 5.41) is 2.13. The molecule has 7 heteroatoms. The van der Waals surface area contributed by atoms with Crippen molar-refractivity contribution in [2.24, 2.45) is 5.92 Å². The molecule has 1 aromatic heterocycles. The second-order valence-corrected chi connectivity index (χ2v) is 6.14. The molecule has 0 bridgehead atoms. The van der Waals surface area contributed by atoms with E-state index in [4.69, 9.17) is 11.6 Å². The maximum absolute atomic E-state index is 12.6. The van der Waals surface area contributed by atoms with Crippen LogP contribution in [0.4, 0.5) is 19.0 Å². The van der Waals surface area contributed by atoms with Crippen LogP contribution in [0.2, 0.25) is 5.02 Å². The molecule has 0 spiro atoms. The summed E-state index contributed by atoms with van der Waals surface area (Å²) in [6.45, 7) is 4.11. The second-order valence-electron chi connectivity index (χ2n) is 5.73. The lowest BCUT2D eigenvalue weighted by Crippen LogP contribution is -2.14. The lowest BCUT2D eigenvalue weighted by atomic mass is 10.1. The fourth-order valence-corrected chi connectivity index (χ4v) is 2.13. The molecule has 0 aliphatic heterocycles. The van der Waals surface area contributed by atoms with Crippen LogP contribution in [-0.4, -0.2) is 10.9 Å². The zero-order valence-corrected chi connectivity index (χ0v) is 14.3. The molecule has 1 N–H and O–H groups in total. The number of benzene rings is 1. The molecule has 0 saturated heterocycles. The monoisotopic (exact) mass is 368 g/mol. The molecule has 3 nitrogen and oxygen atoms in total. The first-order valence-corrected chi connectivity index (χ1v) is 7.87. The highest BCUT2D eigenvalue weighted by molar-refractivity contribution is 6.33. The Hall–Kier alpha value is -2.34. The molecule has 0 saturated carbocycles. The highest BCUT2D eigenvalue weighted by Gasteiger charge is 2.31. The van der Waals surface area contributed by atoms with Crippen molar-refractivity contribution in [3.63, 3.8) is 0 Å². The molecule has 1 aromatic carbocycles. The average Bonchev–Trinajstić information content (AvgIpc) is 2.54. The van der Waals surface area contributed by atoms with Crippen LogP contribution < -0.4 is 5.32 Å². The van der Waals surface area contributed by atoms with E-state index in [-0.39, 0.29) is 10.8 Å². The summed E-state index contributed by atoms with van der Waals surface area (Å²) >= 11 is 5.78. The van der Waals surface area contributed by atoms with E-state index in [0.29, 0.717) is 17.7 Å². The molecule has 0 aliphatic rings. The van der Waals surface area contributed by atoms with E-state index in [1.807, 2.05) is 12.2 Å². The molecule has 0 aliphatic carbocycles. The summed E-state index contributed by atoms with van der Waals surface area (Å²) < 4.78 is 37.8. The van der Waals surface area contributed by atoms with E-state index in [0.717, 1.165) is 11.6 Å². The average molecular weight is 369 g/mol. The maximum atomic E-state index is 12.6. The number of rotatable bonds is 4. The van der Waals surface area contributed by atoms with Gasteiger partial charge < -0.3 is 5.32 Å². The predicted molar refractivity (Wildman–Crippen MR) is 92.5 cm³/mol. The summed E-state index contributed by atoms with van der Waals surface area (Å²) in [5.74, 6) is -0.215. The van der Waals surface area contributed by atoms with Gasteiger partial charge in [-0.2, -0.15) is 13.2 Å². The summed E-state index contributed by atoms with van der Waals surface area (Å²) in [4.78, 5) is 15.8. The molecule has 2 aromatic rings. The number of aromatic nitrogens is 1. The van der Waals surface area contributed by atoms with Gasteiger partial charge in [0.05, 0.1) is 10.6 Å². The van der Waals surface area contributed by atoms with Crippen molar-refractivity contribution in [2.45, 2.75) is 20.0 Å². The number of nitrogens with one attached hydrogen (secondary N) is 1. The number of hydrogen-bond acceptors (Lipinski definition) is 2. The van der Waals surface area contributed by atoms with Gasteiger partial charge in [0.25, 0.3) is 5.91 Å². The number of nitrogens with zero attached hydrogens (tertiary/aromatic N) is 1. The lowest BCUT2D eigenvalue weighted by Gasteiger charge is -2.10. The van der Waals surface area contributed by atoms with Gasteiger partial charge in [0.15, 0.2) is 5.82 Å². The third-order valence-electron chi connectivity index (χ3n) is 3.25. The highest BCUT2D eigenvalue weighted by Crippen LogP contribution is 2.32. The topological polar surface area (TPSA) is 42.0 Å². The Kier molecular flexibility index (Phi) is 5.85. The zero-order chi connectivity index (χ0) is 18.6. The van der Waals surface area contributed by atoms with Crippen LogP contribution in [0.25, 0.3) is 6.08 Å². The van der Waals surface area contributed by atoms with Crippen LogP contribution >= 0.6 is 11.6 Å². The normalized spacial score (nSPS) is 12.0. The number of allylic oxidation sites excluding steroid dienone is 1. The molecular weight excluding hydrogens is 353 g/mol. The Labute approximate surface area is 148 Å². The Morgan fingerprint density at radius 2 is 1.88 bits per heavy atom. The van der Waals surface area contributed by atoms with Gasteiger partial charge in [0, 0.05) is 11.8 Å². The van der Waals surface area contributed by atoms with Crippen molar-refractivity contribution >= 4 is 29.4 Å². The lowest BCUT2D eigenvalue weighted by molar-refractivity contribution is -0.137. The van der Waals surface area contributed by atoms with E-state index in [2.05, 4.69) is 24.1 Å². The molecule has 0 atom stereocenters. The summed E-state index contributed by atoms with van der Waals surface area (Å²) in [7, 11) is 0. The number of carbonyl (C=O) groups is 1. The minimum atomic E-state index is -4.54. The van der Waals surface area contributed by atoms with Gasteiger partial charge in [0.1, 0.15) is 0 Å². The number of pyridine rings is 1. The van der Waals surface area contributed by atoms with Crippen molar-refractivity contribution in [1.82, 2.24) is 4.98 Å². The van der Waals surface area contributed by atoms with E-state index in [1.165, 1.54) is 0 Å². The molecule has 0 radical (unpaired) electrons. The number of amides is 1. The number of anilines is 1. The Bertz CT molecular complexity index is 784. The Morgan fingerprint density at radius 1 is 1.24 bits per heavy atom. The molecule has 2 rings (SSSR count). The number of alkyl halides is 3. The van der Waals surface area contributed by atoms with Gasteiger partial charge >= 0.3 is 6.18 Å². The largest absolute Gasteiger partial charge is 0.417 e. The molecule has 25 heavy (non-hydrogen) atoms. The Balaban J connectivity index is 2.12. The van der Waals surface area contributed by atoms with Crippen LogP contribution in [0.15, 0.2) is 42.6 Å². The second kappa shape index (κ2) is 7.70.